The molecule has 72 valence electrons. The van der Waals surface area contributed by atoms with E-state index in [0.717, 1.165) is 12.1 Å². The quantitative estimate of drug-likeness (QED) is 0.525. The Hall–Kier alpha value is -0.0551. The molecule has 1 aromatic rings. The molecule has 0 aliphatic rings. The lowest BCUT2D eigenvalue weighted by atomic mass is 9.80. The van der Waals surface area contributed by atoms with Crippen LogP contribution in [0.15, 0.2) is 12.1 Å². The topological polar surface area (TPSA) is 0 Å². The van der Waals surface area contributed by atoms with Crippen molar-refractivity contribution in [2.45, 2.75) is 0 Å². The number of hydrogen-bond donors (Lipinski definition) is 0. The fraction of sp³-hybridized carbons (Fsp3) is 0. The molecular formula is C6H2BCl3F3-. The molecule has 0 N–H and O–H groups in total. The van der Waals surface area contributed by atoms with Crippen LogP contribution >= 0.6 is 34.8 Å². The Labute approximate surface area is 87.6 Å². The van der Waals surface area contributed by atoms with Crippen LogP contribution in [-0.2, 0) is 0 Å². The highest BCUT2D eigenvalue weighted by Gasteiger charge is 2.29. The minimum Gasteiger partial charge on any atom is -0.445 e. The van der Waals surface area contributed by atoms with Gasteiger partial charge in [-0.2, -0.15) is 0 Å². The second-order valence-electron chi connectivity index (χ2n) is 2.34. The minimum atomic E-state index is -5.14. The van der Waals surface area contributed by atoms with Gasteiger partial charge in [-0.1, -0.05) is 46.3 Å². The molecule has 0 radical (unpaired) electrons. The molecule has 0 aliphatic carbocycles. The van der Waals surface area contributed by atoms with Gasteiger partial charge in [0.15, 0.2) is 0 Å². The van der Waals surface area contributed by atoms with Crippen molar-refractivity contribution < 1.29 is 12.9 Å². The van der Waals surface area contributed by atoms with E-state index in [1.54, 1.807) is 0 Å². The van der Waals surface area contributed by atoms with Crippen LogP contribution in [0.2, 0.25) is 15.1 Å². The molecule has 0 atom stereocenters. The third kappa shape index (κ3) is 2.24. The average Bonchev–Trinajstić information content (AvgIpc) is 1.98. The Kier molecular flexibility index (Phi) is 3.05. The lowest BCUT2D eigenvalue weighted by molar-refractivity contribution is 0.501. The first kappa shape index (κ1) is 11.0. The molecule has 0 unspecified atom stereocenters. The molecule has 0 aliphatic heterocycles. The van der Waals surface area contributed by atoms with Gasteiger partial charge in [0.1, 0.15) is 0 Å². The van der Waals surface area contributed by atoms with Crippen molar-refractivity contribution >= 4 is 47.2 Å². The monoisotopic (exact) mass is 247 g/mol. The summed E-state index contributed by atoms with van der Waals surface area (Å²) in [6.45, 7) is -5.14. The van der Waals surface area contributed by atoms with Crippen LogP contribution in [0.4, 0.5) is 12.9 Å². The second-order valence-corrected chi connectivity index (χ2v) is 3.50. The van der Waals surface area contributed by atoms with Gasteiger partial charge in [-0.25, -0.2) is 0 Å². The molecule has 0 saturated carbocycles. The number of rotatable bonds is 1. The van der Waals surface area contributed by atoms with Gasteiger partial charge in [-0.15, -0.1) is 0 Å². The highest BCUT2D eigenvalue weighted by Crippen LogP contribution is 2.30. The molecule has 0 fully saturated rings. The zero-order valence-corrected chi connectivity index (χ0v) is 8.27. The zero-order valence-electron chi connectivity index (χ0n) is 6.00. The maximum Gasteiger partial charge on any atom is 0.511 e. The molecule has 0 aromatic heterocycles. The van der Waals surface area contributed by atoms with Gasteiger partial charge in [-0.05, 0) is 6.07 Å². The van der Waals surface area contributed by atoms with Gasteiger partial charge >= 0.3 is 6.98 Å². The number of benzene rings is 1. The van der Waals surface area contributed by atoms with Crippen molar-refractivity contribution in [3.8, 4) is 0 Å². The van der Waals surface area contributed by atoms with Gasteiger partial charge in [0.05, 0.1) is 10.0 Å². The molecule has 0 nitrogen and oxygen atoms in total. The summed E-state index contributed by atoms with van der Waals surface area (Å²) in [7, 11) is 0. The standard InChI is InChI=1S/C6H2BCl3F3/c8-4-2-1-3(7(11,12)13)5(9)6(4)10/h1-2H/q-1. The largest absolute Gasteiger partial charge is 0.511 e. The number of hydrogen-bond acceptors (Lipinski definition) is 0. The van der Waals surface area contributed by atoms with Crippen molar-refractivity contribution in [1.29, 1.82) is 0 Å². The van der Waals surface area contributed by atoms with Crippen LogP contribution in [0.5, 0.6) is 0 Å². The summed E-state index contributed by atoms with van der Waals surface area (Å²) in [6.07, 6.45) is 0. The van der Waals surface area contributed by atoms with Crippen LogP contribution in [0.3, 0.4) is 0 Å². The van der Waals surface area contributed by atoms with Crippen molar-refractivity contribution in [3.63, 3.8) is 0 Å². The van der Waals surface area contributed by atoms with Crippen LogP contribution in [0.25, 0.3) is 0 Å². The molecule has 1 aromatic carbocycles. The van der Waals surface area contributed by atoms with Crippen LogP contribution in [-0.4, -0.2) is 6.98 Å². The third-order valence-electron chi connectivity index (χ3n) is 1.42. The van der Waals surface area contributed by atoms with Gasteiger partial charge in [0, 0.05) is 5.02 Å². The lowest BCUT2D eigenvalue weighted by Crippen LogP contribution is -2.34. The summed E-state index contributed by atoms with van der Waals surface area (Å²) < 4.78 is 36.7. The number of halogens is 6. The molecule has 13 heavy (non-hydrogen) atoms. The van der Waals surface area contributed by atoms with E-state index < -0.39 is 17.5 Å². The van der Waals surface area contributed by atoms with E-state index >= 15 is 0 Å². The molecule has 0 amide bonds. The maximum atomic E-state index is 12.2. The minimum absolute atomic E-state index is 0.00969. The fourth-order valence-corrected chi connectivity index (χ4v) is 1.46. The normalized spacial score (nSPS) is 11.8. The van der Waals surface area contributed by atoms with E-state index in [-0.39, 0.29) is 10.0 Å². The maximum absolute atomic E-state index is 12.2. The summed E-state index contributed by atoms with van der Waals surface area (Å²) >= 11 is 16.3. The van der Waals surface area contributed by atoms with Gasteiger partial charge in [0.2, 0.25) is 0 Å². The first-order valence-corrected chi connectivity index (χ1v) is 4.30. The third-order valence-corrected chi connectivity index (χ3v) is 2.73. The molecular weight excluding hydrogens is 246 g/mol. The Balaban J connectivity index is 3.35. The molecule has 1 rings (SSSR count). The van der Waals surface area contributed by atoms with Crippen LogP contribution < -0.4 is 5.46 Å². The van der Waals surface area contributed by atoms with Crippen LogP contribution in [0.1, 0.15) is 0 Å². The SMILES string of the molecule is F[B-](F)(F)c1ccc(Cl)c(Cl)c1Cl. The van der Waals surface area contributed by atoms with E-state index in [1.807, 2.05) is 0 Å². The van der Waals surface area contributed by atoms with Gasteiger partial charge in [-0.3, -0.25) is 0 Å². The van der Waals surface area contributed by atoms with Gasteiger partial charge < -0.3 is 12.9 Å². The summed E-state index contributed by atoms with van der Waals surface area (Å²) in [6, 6.07) is 1.89. The summed E-state index contributed by atoms with van der Waals surface area (Å²) in [5.41, 5.74) is -0.920. The Morgan fingerprint density at radius 3 is 1.92 bits per heavy atom. The highest BCUT2D eigenvalue weighted by atomic mass is 35.5. The van der Waals surface area contributed by atoms with Crippen molar-refractivity contribution in [2.75, 3.05) is 0 Å². The Bertz CT molecular complexity index is 337. The predicted molar refractivity (Wildman–Crippen MR) is 50.2 cm³/mol. The summed E-state index contributed by atoms with van der Waals surface area (Å²) in [5.74, 6) is 0. The first-order chi connectivity index (χ1) is 5.84. The van der Waals surface area contributed by atoms with Crippen molar-refractivity contribution in [1.82, 2.24) is 0 Å². The molecule has 0 saturated heterocycles. The lowest BCUT2D eigenvalue weighted by Gasteiger charge is -2.17. The smallest absolute Gasteiger partial charge is 0.445 e. The predicted octanol–water partition coefficient (Wildman–Crippen LogP) is 3.70. The van der Waals surface area contributed by atoms with E-state index in [2.05, 4.69) is 0 Å². The van der Waals surface area contributed by atoms with Crippen molar-refractivity contribution in [3.05, 3.63) is 27.2 Å². The van der Waals surface area contributed by atoms with E-state index in [0.29, 0.717) is 0 Å². The molecule has 7 heteroatoms. The molecule has 0 bridgehead atoms. The zero-order chi connectivity index (χ0) is 10.2. The highest BCUT2D eigenvalue weighted by molar-refractivity contribution is 6.76. The van der Waals surface area contributed by atoms with Crippen LogP contribution in [0, 0.1) is 0 Å². The summed E-state index contributed by atoms with van der Waals surface area (Å²) in [4.78, 5) is 0. The average molecular weight is 248 g/mol. The summed E-state index contributed by atoms with van der Waals surface area (Å²) in [5, 5.41) is -0.794. The van der Waals surface area contributed by atoms with E-state index in [1.165, 1.54) is 0 Å². The molecule has 0 spiro atoms. The Morgan fingerprint density at radius 1 is 0.923 bits per heavy atom. The Morgan fingerprint density at radius 2 is 1.46 bits per heavy atom. The van der Waals surface area contributed by atoms with E-state index in [4.69, 9.17) is 34.8 Å². The van der Waals surface area contributed by atoms with Crippen molar-refractivity contribution in [2.24, 2.45) is 0 Å². The molecule has 0 heterocycles. The fourth-order valence-electron chi connectivity index (χ4n) is 0.794. The first-order valence-electron chi connectivity index (χ1n) is 3.17. The van der Waals surface area contributed by atoms with Gasteiger partial charge in [0.25, 0.3) is 0 Å². The van der Waals surface area contributed by atoms with E-state index in [9.17, 15) is 12.9 Å². The second kappa shape index (κ2) is 3.60.